The van der Waals surface area contributed by atoms with Crippen LogP contribution in [0.25, 0.3) is 11.4 Å². The lowest BCUT2D eigenvalue weighted by Crippen LogP contribution is -2.40. The number of carbonyl (C=O) groups excluding carboxylic acids is 1. The summed E-state index contributed by atoms with van der Waals surface area (Å²) in [6.45, 7) is 2.92. The van der Waals surface area contributed by atoms with Crippen LogP contribution in [0.4, 0.5) is 0 Å². The van der Waals surface area contributed by atoms with Crippen LogP contribution in [0.15, 0.2) is 59.5 Å². The van der Waals surface area contributed by atoms with Crippen molar-refractivity contribution < 1.29 is 13.2 Å². The van der Waals surface area contributed by atoms with Crippen molar-refractivity contribution in [1.29, 1.82) is 0 Å². The zero-order valence-electron chi connectivity index (χ0n) is 15.6. The van der Waals surface area contributed by atoms with Gasteiger partial charge in [0.1, 0.15) is 0 Å². The standard InChI is InChI=1S/C20H20N4O3S/c1-14-12-23(20(25)16-8-10-17(11-9-16)28(2,26)27)13-18-21-22-19(24(14)18)15-6-4-3-5-7-15/h3-11,14H,12-13H2,1-2H3/t14-/m0/s1. The van der Waals surface area contributed by atoms with E-state index >= 15 is 0 Å². The van der Waals surface area contributed by atoms with Gasteiger partial charge in [-0.1, -0.05) is 30.3 Å². The molecule has 0 aliphatic carbocycles. The van der Waals surface area contributed by atoms with E-state index in [-0.39, 0.29) is 16.8 Å². The van der Waals surface area contributed by atoms with Gasteiger partial charge in [-0.2, -0.15) is 0 Å². The fourth-order valence-electron chi connectivity index (χ4n) is 3.50. The van der Waals surface area contributed by atoms with Crippen LogP contribution in [0.2, 0.25) is 0 Å². The Hall–Kier alpha value is -3.00. The van der Waals surface area contributed by atoms with Crippen LogP contribution in [0.5, 0.6) is 0 Å². The van der Waals surface area contributed by atoms with Crippen molar-refractivity contribution in [3.63, 3.8) is 0 Å². The van der Waals surface area contributed by atoms with E-state index in [0.29, 0.717) is 18.7 Å². The summed E-state index contributed by atoms with van der Waals surface area (Å²) in [5.41, 5.74) is 1.44. The van der Waals surface area contributed by atoms with Gasteiger partial charge in [0.05, 0.1) is 17.5 Å². The number of aromatic nitrogens is 3. The summed E-state index contributed by atoms with van der Waals surface area (Å²) in [7, 11) is -3.29. The van der Waals surface area contributed by atoms with Crippen molar-refractivity contribution in [2.24, 2.45) is 0 Å². The highest BCUT2D eigenvalue weighted by Crippen LogP contribution is 2.28. The lowest BCUT2D eigenvalue weighted by atomic mass is 10.1. The van der Waals surface area contributed by atoms with Crippen LogP contribution in [0, 0.1) is 0 Å². The predicted octanol–water partition coefficient (Wildman–Crippen LogP) is 2.57. The Morgan fingerprint density at radius 2 is 1.71 bits per heavy atom. The van der Waals surface area contributed by atoms with E-state index in [9.17, 15) is 13.2 Å². The molecule has 2 heterocycles. The van der Waals surface area contributed by atoms with Crippen LogP contribution >= 0.6 is 0 Å². The Morgan fingerprint density at radius 1 is 1.04 bits per heavy atom. The van der Waals surface area contributed by atoms with Gasteiger partial charge in [-0.05, 0) is 31.2 Å². The second-order valence-corrected chi connectivity index (χ2v) is 9.02. The number of sulfone groups is 1. The monoisotopic (exact) mass is 396 g/mol. The van der Waals surface area contributed by atoms with Crippen LogP contribution in [-0.4, -0.2) is 46.8 Å². The minimum atomic E-state index is -3.29. The summed E-state index contributed by atoms with van der Waals surface area (Å²) in [6.07, 6.45) is 1.15. The summed E-state index contributed by atoms with van der Waals surface area (Å²) in [4.78, 5) is 14.8. The SMILES string of the molecule is C[C@H]1CN(C(=O)c2ccc(S(C)(=O)=O)cc2)Cc2nnc(-c3ccccc3)n21. The molecule has 8 heteroatoms. The molecular formula is C20H20N4O3S. The third-order valence-corrected chi connectivity index (χ3v) is 6.00. The first-order valence-electron chi connectivity index (χ1n) is 8.93. The first-order valence-corrected chi connectivity index (χ1v) is 10.8. The molecular weight excluding hydrogens is 376 g/mol. The number of benzene rings is 2. The summed E-state index contributed by atoms with van der Waals surface area (Å²) in [5.74, 6) is 1.38. The van der Waals surface area contributed by atoms with Crippen LogP contribution in [-0.2, 0) is 16.4 Å². The number of carbonyl (C=O) groups is 1. The van der Waals surface area contributed by atoms with Crippen molar-refractivity contribution in [3.8, 4) is 11.4 Å². The van der Waals surface area contributed by atoms with Gasteiger partial charge >= 0.3 is 0 Å². The molecule has 4 rings (SSSR count). The number of hydrogen-bond donors (Lipinski definition) is 0. The molecule has 3 aromatic rings. The van der Waals surface area contributed by atoms with E-state index in [1.54, 1.807) is 17.0 Å². The van der Waals surface area contributed by atoms with Gasteiger partial charge in [0.15, 0.2) is 21.5 Å². The molecule has 0 fully saturated rings. The van der Waals surface area contributed by atoms with E-state index in [4.69, 9.17) is 0 Å². The molecule has 0 saturated carbocycles. The van der Waals surface area contributed by atoms with Crippen molar-refractivity contribution in [2.75, 3.05) is 12.8 Å². The average molecular weight is 396 g/mol. The third kappa shape index (κ3) is 3.31. The summed E-state index contributed by atoms with van der Waals surface area (Å²) >= 11 is 0. The van der Waals surface area contributed by atoms with Crippen molar-refractivity contribution in [1.82, 2.24) is 19.7 Å². The van der Waals surface area contributed by atoms with E-state index in [0.717, 1.165) is 23.5 Å². The number of nitrogens with zero attached hydrogens (tertiary/aromatic N) is 4. The molecule has 144 valence electrons. The molecule has 1 aliphatic heterocycles. The molecule has 0 unspecified atom stereocenters. The van der Waals surface area contributed by atoms with E-state index in [1.165, 1.54) is 12.1 Å². The minimum Gasteiger partial charge on any atom is -0.329 e. The highest BCUT2D eigenvalue weighted by molar-refractivity contribution is 7.90. The number of fused-ring (bicyclic) bond motifs is 1. The molecule has 28 heavy (non-hydrogen) atoms. The summed E-state index contributed by atoms with van der Waals surface area (Å²) in [5, 5.41) is 8.63. The molecule has 0 bridgehead atoms. The minimum absolute atomic E-state index is 0.0215. The van der Waals surface area contributed by atoms with Crippen LogP contribution in [0.1, 0.15) is 29.1 Å². The fourth-order valence-corrected chi connectivity index (χ4v) is 4.13. The molecule has 1 aliphatic rings. The molecule has 0 N–H and O–H groups in total. The quantitative estimate of drug-likeness (QED) is 0.679. The van der Waals surface area contributed by atoms with Crippen molar-refractivity contribution in [3.05, 3.63) is 66.0 Å². The zero-order valence-corrected chi connectivity index (χ0v) is 16.4. The lowest BCUT2D eigenvalue weighted by molar-refractivity contribution is 0.0682. The molecule has 1 aromatic heterocycles. The molecule has 1 atom stereocenters. The highest BCUT2D eigenvalue weighted by atomic mass is 32.2. The van der Waals surface area contributed by atoms with Gasteiger partial charge in [-0.3, -0.25) is 4.79 Å². The Balaban J connectivity index is 1.60. The average Bonchev–Trinajstić information content (AvgIpc) is 3.12. The molecule has 0 spiro atoms. The number of hydrogen-bond acceptors (Lipinski definition) is 5. The number of amides is 1. The van der Waals surface area contributed by atoms with Crippen molar-refractivity contribution >= 4 is 15.7 Å². The maximum Gasteiger partial charge on any atom is 0.254 e. The maximum atomic E-state index is 12.9. The first-order chi connectivity index (χ1) is 13.3. The zero-order chi connectivity index (χ0) is 19.9. The van der Waals surface area contributed by atoms with E-state index in [2.05, 4.69) is 14.8 Å². The third-order valence-electron chi connectivity index (χ3n) is 4.87. The summed E-state index contributed by atoms with van der Waals surface area (Å²) in [6, 6.07) is 15.9. The Kier molecular flexibility index (Phi) is 4.50. The highest BCUT2D eigenvalue weighted by Gasteiger charge is 2.30. The fraction of sp³-hybridized carbons (Fsp3) is 0.250. The van der Waals surface area contributed by atoms with Crippen LogP contribution < -0.4 is 0 Å². The first kappa shape index (κ1) is 18.4. The topological polar surface area (TPSA) is 85.2 Å². The normalized spacial score (nSPS) is 16.6. The maximum absolute atomic E-state index is 12.9. The molecule has 2 aromatic carbocycles. The molecule has 1 amide bonds. The Morgan fingerprint density at radius 3 is 2.36 bits per heavy atom. The van der Waals surface area contributed by atoms with Gasteiger partial charge in [0.2, 0.25) is 0 Å². The van der Waals surface area contributed by atoms with E-state index in [1.807, 2.05) is 37.3 Å². The Labute approximate surface area is 163 Å². The lowest BCUT2D eigenvalue weighted by Gasteiger charge is -2.32. The smallest absolute Gasteiger partial charge is 0.254 e. The molecule has 0 saturated heterocycles. The van der Waals surface area contributed by atoms with Crippen molar-refractivity contribution in [2.45, 2.75) is 24.4 Å². The Bertz CT molecular complexity index is 1120. The molecule has 0 radical (unpaired) electrons. The van der Waals surface area contributed by atoms with Gasteiger partial charge < -0.3 is 9.47 Å². The van der Waals surface area contributed by atoms with Gasteiger partial charge in [0.25, 0.3) is 5.91 Å². The van der Waals surface area contributed by atoms with Gasteiger partial charge in [-0.25, -0.2) is 8.42 Å². The predicted molar refractivity (Wildman–Crippen MR) is 104 cm³/mol. The number of rotatable bonds is 3. The summed E-state index contributed by atoms with van der Waals surface area (Å²) < 4.78 is 25.3. The van der Waals surface area contributed by atoms with E-state index < -0.39 is 9.84 Å². The second kappa shape index (κ2) is 6.87. The molecule has 7 nitrogen and oxygen atoms in total. The van der Waals surface area contributed by atoms with Crippen LogP contribution in [0.3, 0.4) is 0 Å². The van der Waals surface area contributed by atoms with Gasteiger partial charge in [0, 0.05) is 23.9 Å². The van der Waals surface area contributed by atoms with Gasteiger partial charge in [-0.15, -0.1) is 10.2 Å². The largest absolute Gasteiger partial charge is 0.329 e. The second-order valence-electron chi connectivity index (χ2n) is 7.01.